The number of alkyl halides is 1. The highest BCUT2D eigenvalue weighted by molar-refractivity contribution is 7.88. The van der Waals surface area contributed by atoms with Gasteiger partial charge < -0.3 is 0 Å². The Labute approximate surface area is 107 Å². The molecule has 0 spiro atoms. The van der Waals surface area contributed by atoms with Gasteiger partial charge in [-0.2, -0.15) is 0 Å². The second kappa shape index (κ2) is 5.38. The fraction of sp³-hybridized carbons (Fsp3) is 0.500. The zero-order valence-corrected chi connectivity index (χ0v) is 11.0. The van der Waals surface area contributed by atoms with E-state index in [2.05, 4.69) is 4.72 Å². The van der Waals surface area contributed by atoms with Gasteiger partial charge in [-0.15, -0.1) is 11.6 Å². The lowest BCUT2D eigenvalue weighted by molar-refractivity contribution is 0.553. The van der Waals surface area contributed by atoms with Crippen molar-refractivity contribution in [1.29, 1.82) is 0 Å². The summed E-state index contributed by atoms with van der Waals surface area (Å²) < 4.78 is 26.6. The average molecular weight is 274 g/mol. The average Bonchev–Trinajstić information content (AvgIpc) is 2.64. The third kappa shape index (κ3) is 3.69. The second-order valence-corrected chi connectivity index (χ2v) is 6.73. The van der Waals surface area contributed by atoms with E-state index in [1.165, 1.54) is 0 Å². The first kappa shape index (κ1) is 12.9. The quantitative estimate of drug-likeness (QED) is 0.856. The molecule has 5 heteroatoms. The highest BCUT2D eigenvalue weighted by atomic mass is 35.5. The van der Waals surface area contributed by atoms with E-state index in [1.54, 1.807) is 0 Å². The van der Waals surface area contributed by atoms with Crippen molar-refractivity contribution >= 4 is 21.6 Å². The first-order valence-electron chi connectivity index (χ1n) is 5.75. The minimum Gasteiger partial charge on any atom is -0.212 e. The highest BCUT2D eigenvalue weighted by Crippen LogP contribution is 2.24. The predicted molar refractivity (Wildman–Crippen MR) is 69.5 cm³/mol. The van der Waals surface area contributed by atoms with Crippen LogP contribution in [0.25, 0.3) is 0 Å². The van der Waals surface area contributed by atoms with Crippen LogP contribution in [0.2, 0.25) is 0 Å². The van der Waals surface area contributed by atoms with Crippen LogP contribution in [-0.4, -0.2) is 19.8 Å². The molecule has 3 nitrogen and oxygen atoms in total. The van der Waals surface area contributed by atoms with Gasteiger partial charge in [0.05, 0.1) is 5.75 Å². The molecule has 17 heavy (non-hydrogen) atoms. The van der Waals surface area contributed by atoms with Gasteiger partial charge in [0.1, 0.15) is 0 Å². The monoisotopic (exact) mass is 273 g/mol. The number of hydrogen-bond donors (Lipinski definition) is 1. The Morgan fingerprint density at radius 1 is 1.24 bits per heavy atom. The maximum Gasteiger partial charge on any atom is 0.216 e. The standard InChI is InChI=1S/C12H16ClNO2S/c13-11-7-4-8-12(11)14-17(15,16)9-10-5-2-1-3-6-10/h1-3,5-6,11-12,14H,4,7-9H2. The molecule has 94 valence electrons. The lowest BCUT2D eigenvalue weighted by atomic mass is 10.2. The first-order chi connectivity index (χ1) is 8.07. The topological polar surface area (TPSA) is 46.2 Å². The zero-order chi connectivity index (χ0) is 12.3. The van der Waals surface area contributed by atoms with Crippen LogP contribution in [-0.2, 0) is 15.8 Å². The van der Waals surface area contributed by atoms with Crippen LogP contribution in [0.5, 0.6) is 0 Å². The molecule has 0 aromatic heterocycles. The molecular weight excluding hydrogens is 258 g/mol. The second-order valence-electron chi connectivity index (χ2n) is 4.42. The van der Waals surface area contributed by atoms with Crippen LogP contribution >= 0.6 is 11.6 Å². The molecule has 1 aromatic carbocycles. The summed E-state index contributed by atoms with van der Waals surface area (Å²) in [6.45, 7) is 0. The molecule has 1 N–H and O–H groups in total. The number of nitrogens with one attached hydrogen (secondary N) is 1. The maximum atomic E-state index is 11.9. The molecule has 1 aliphatic carbocycles. The molecule has 1 aromatic rings. The van der Waals surface area contributed by atoms with Crippen molar-refractivity contribution < 1.29 is 8.42 Å². The SMILES string of the molecule is O=S(=O)(Cc1ccccc1)NC1CCCC1Cl. The summed E-state index contributed by atoms with van der Waals surface area (Å²) in [5.41, 5.74) is 0.795. The summed E-state index contributed by atoms with van der Waals surface area (Å²) in [4.78, 5) is 0. The van der Waals surface area contributed by atoms with Gasteiger partial charge in [-0.1, -0.05) is 36.8 Å². The van der Waals surface area contributed by atoms with Crippen molar-refractivity contribution in [2.75, 3.05) is 0 Å². The molecule has 2 rings (SSSR count). The Morgan fingerprint density at radius 2 is 1.94 bits per heavy atom. The summed E-state index contributed by atoms with van der Waals surface area (Å²) >= 11 is 6.06. The number of hydrogen-bond acceptors (Lipinski definition) is 2. The minimum atomic E-state index is -3.29. The van der Waals surface area contributed by atoms with Crippen LogP contribution in [0.15, 0.2) is 30.3 Å². The molecule has 1 fully saturated rings. The van der Waals surface area contributed by atoms with Gasteiger partial charge in [-0.05, 0) is 18.4 Å². The Morgan fingerprint density at radius 3 is 2.53 bits per heavy atom. The van der Waals surface area contributed by atoms with E-state index >= 15 is 0 Å². The Hall–Kier alpha value is -0.580. The van der Waals surface area contributed by atoms with Crippen molar-refractivity contribution in [1.82, 2.24) is 4.72 Å². The minimum absolute atomic E-state index is 0.0218. The van der Waals surface area contributed by atoms with E-state index in [-0.39, 0.29) is 17.2 Å². The van der Waals surface area contributed by atoms with Crippen molar-refractivity contribution in [3.8, 4) is 0 Å². The molecule has 0 amide bonds. The Kier molecular flexibility index (Phi) is 4.07. The number of rotatable bonds is 4. The van der Waals surface area contributed by atoms with Gasteiger partial charge in [0.25, 0.3) is 0 Å². The maximum absolute atomic E-state index is 11.9. The van der Waals surface area contributed by atoms with Crippen LogP contribution in [0.4, 0.5) is 0 Å². The molecule has 1 aliphatic rings. The van der Waals surface area contributed by atoms with Crippen molar-refractivity contribution in [3.05, 3.63) is 35.9 Å². The van der Waals surface area contributed by atoms with Crippen molar-refractivity contribution in [3.63, 3.8) is 0 Å². The zero-order valence-electron chi connectivity index (χ0n) is 9.47. The van der Waals surface area contributed by atoms with Crippen molar-refractivity contribution in [2.24, 2.45) is 0 Å². The van der Waals surface area contributed by atoms with Crippen LogP contribution in [0.1, 0.15) is 24.8 Å². The summed E-state index contributed by atoms with van der Waals surface area (Å²) in [5.74, 6) is 0.0218. The number of halogens is 1. The highest BCUT2D eigenvalue weighted by Gasteiger charge is 2.28. The fourth-order valence-electron chi connectivity index (χ4n) is 2.11. The van der Waals surface area contributed by atoms with Crippen LogP contribution < -0.4 is 4.72 Å². The van der Waals surface area contributed by atoms with Gasteiger partial charge in [-0.25, -0.2) is 13.1 Å². The Balaban J connectivity index is 2.00. The fourth-order valence-corrected chi connectivity index (χ4v) is 3.99. The normalized spacial score (nSPS) is 25.0. The lowest BCUT2D eigenvalue weighted by Gasteiger charge is -2.15. The third-order valence-electron chi connectivity index (χ3n) is 2.96. The molecule has 0 radical (unpaired) electrons. The van der Waals surface area contributed by atoms with E-state index in [4.69, 9.17) is 11.6 Å². The summed E-state index contributed by atoms with van der Waals surface area (Å²) in [6, 6.07) is 9.06. The van der Waals surface area contributed by atoms with E-state index in [0.29, 0.717) is 0 Å². The summed E-state index contributed by atoms with van der Waals surface area (Å²) in [6.07, 6.45) is 2.72. The molecule has 0 aliphatic heterocycles. The summed E-state index contributed by atoms with van der Waals surface area (Å²) in [7, 11) is -3.29. The molecule has 1 saturated carbocycles. The molecular formula is C12H16ClNO2S. The molecule has 2 atom stereocenters. The third-order valence-corrected chi connectivity index (χ3v) is 4.86. The number of benzene rings is 1. The van der Waals surface area contributed by atoms with Crippen molar-refractivity contribution in [2.45, 2.75) is 36.4 Å². The largest absolute Gasteiger partial charge is 0.216 e. The lowest BCUT2D eigenvalue weighted by Crippen LogP contribution is -2.38. The summed E-state index contributed by atoms with van der Waals surface area (Å²) in [5, 5.41) is -0.0689. The van der Waals surface area contributed by atoms with Gasteiger partial charge in [-0.3, -0.25) is 0 Å². The van der Waals surface area contributed by atoms with E-state index in [1.807, 2.05) is 30.3 Å². The van der Waals surface area contributed by atoms with E-state index in [0.717, 1.165) is 24.8 Å². The van der Waals surface area contributed by atoms with Gasteiger partial charge >= 0.3 is 0 Å². The van der Waals surface area contributed by atoms with E-state index in [9.17, 15) is 8.42 Å². The van der Waals surface area contributed by atoms with Gasteiger partial charge in [0, 0.05) is 11.4 Å². The number of sulfonamides is 1. The predicted octanol–water partition coefficient (Wildman–Crippen LogP) is 2.27. The molecule has 0 bridgehead atoms. The molecule has 0 saturated heterocycles. The first-order valence-corrected chi connectivity index (χ1v) is 7.84. The smallest absolute Gasteiger partial charge is 0.212 e. The van der Waals surface area contributed by atoms with Gasteiger partial charge in [0.15, 0.2) is 0 Å². The van der Waals surface area contributed by atoms with Crippen LogP contribution in [0.3, 0.4) is 0 Å². The van der Waals surface area contributed by atoms with Gasteiger partial charge in [0.2, 0.25) is 10.0 Å². The Bertz CT molecular complexity index is 461. The molecule has 0 heterocycles. The molecule has 2 unspecified atom stereocenters. The van der Waals surface area contributed by atoms with Crippen LogP contribution in [0, 0.1) is 0 Å². The van der Waals surface area contributed by atoms with E-state index < -0.39 is 10.0 Å².